The Bertz CT molecular complexity index is 254. The number of hydrogen-bond acceptors (Lipinski definition) is 2. The smallest absolute Gasteiger partial charge is 0.330 e. The van der Waals surface area contributed by atoms with Crippen LogP contribution in [0.2, 0.25) is 0 Å². The van der Waals surface area contributed by atoms with Gasteiger partial charge in [-0.25, -0.2) is 4.79 Å². The van der Waals surface area contributed by atoms with Crippen LogP contribution in [0.4, 0.5) is 0 Å². The molecule has 0 radical (unpaired) electrons. The van der Waals surface area contributed by atoms with Crippen molar-refractivity contribution in [3.05, 3.63) is 24.3 Å². The quantitative estimate of drug-likeness (QED) is 0.466. The molecule has 0 saturated heterocycles. The summed E-state index contributed by atoms with van der Waals surface area (Å²) in [5.41, 5.74) is 0. The zero-order valence-electron chi connectivity index (χ0n) is 10.7. The number of rotatable bonds is 0. The van der Waals surface area contributed by atoms with Gasteiger partial charge < -0.3 is 4.74 Å². The van der Waals surface area contributed by atoms with Crippen LogP contribution in [0.25, 0.3) is 0 Å². The van der Waals surface area contributed by atoms with E-state index < -0.39 is 0 Å². The maximum absolute atomic E-state index is 11.3. The van der Waals surface area contributed by atoms with Gasteiger partial charge in [0.1, 0.15) is 0 Å². The summed E-state index contributed by atoms with van der Waals surface area (Å²) >= 11 is 0. The molecule has 17 heavy (non-hydrogen) atoms. The van der Waals surface area contributed by atoms with Crippen LogP contribution in [0.1, 0.15) is 57.8 Å². The molecule has 0 N–H and O–H groups in total. The number of ether oxygens (including phenoxy) is 1. The molecule has 1 rings (SSSR count). The average Bonchev–Trinajstić information content (AvgIpc) is 2.32. The summed E-state index contributed by atoms with van der Waals surface area (Å²) in [4.78, 5) is 11.3. The van der Waals surface area contributed by atoms with Gasteiger partial charge in [0.25, 0.3) is 0 Å². The molecule has 0 bridgehead atoms. The van der Waals surface area contributed by atoms with Gasteiger partial charge >= 0.3 is 5.97 Å². The number of carbonyl (C=O) groups is 1. The van der Waals surface area contributed by atoms with Crippen molar-refractivity contribution in [2.45, 2.75) is 57.8 Å². The number of carbonyl (C=O) groups excluding carboxylic acids is 1. The molecule has 0 amide bonds. The van der Waals surface area contributed by atoms with Crippen LogP contribution in [0.3, 0.4) is 0 Å². The summed E-state index contributed by atoms with van der Waals surface area (Å²) in [6, 6.07) is 0. The van der Waals surface area contributed by atoms with Gasteiger partial charge in [-0.3, -0.25) is 0 Å². The molecule has 1 aliphatic rings. The van der Waals surface area contributed by atoms with Crippen molar-refractivity contribution in [1.82, 2.24) is 0 Å². The Kier molecular flexibility index (Phi) is 8.35. The fraction of sp³-hybridized carbons (Fsp3) is 0.667. The van der Waals surface area contributed by atoms with E-state index in [2.05, 4.69) is 12.2 Å². The Morgan fingerprint density at radius 2 is 1.41 bits per heavy atom. The second kappa shape index (κ2) is 10.1. The van der Waals surface area contributed by atoms with Crippen LogP contribution in [0.15, 0.2) is 24.3 Å². The first-order valence-electron chi connectivity index (χ1n) is 6.88. The first-order valence-corrected chi connectivity index (χ1v) is 6.88. The van der Waals surface area contributed by atoms with Gasteiger partial charge in [0.05, 0.1) is 6.61 Å². The molecule has 0 aromatic rings. The summed E-state index contributed by atoms with van der Waals surface area (Å²) < 4.78 is 5.10. The first kappa shape index (κ1) is 14.0. The molecule has 0 aromatic heterocycles. The molecule has 0 aliphatic carbocycles. The highest BCUT2D eigenvalue weighted by molar-refractivity contribution is 5.81. The van der Waals surface area contributed by atoms with Crippen molar-refractivity contribution >= 4 is 5.97 Å². The highest BCUT2D eigenvalue weighted by atomic mass is 16.5. The van der Waals surface area contributed by atoms with Crippen LogP contribution < -0.4 is 0 Å². The minimum Gasteiger partial charge on any atom is -0.463 e. The number of esters is 1. The largest absolute Gasteiger partial charge is 0.463 e. The molecule has 0 aromatic carbocycles. The Labute approximate surface area is 105 Å². The van der Waals surface area contributed by atoms with E-state index in [1.807, 2.05) is 6.08 Å². The Hall–Kier alpha value is -1.05. The topological polar surface area (TPSA) is 26.3 Å². The summed E-state index contributed by atoms with van der Waals surface area (Å²) in [5.74, 6) is -0.187. The average molecular weight is 236 g/mol. The molecule has 1 heterocycles. The van der Waals surface area contributed by atoms with E-state index in [-0.39, 0.29) is 5.97 Å². The van der Waals surface area contributed by atoms with Crippen molar-refractivity contribution in [3.8, 4) is 0 Å². The van der Waals surface area contributed by atoms with Gasteiger partial charge in [0.15, 0.2) is 0 Å². The number of cyclic esters (lactones) is 1. The van der Waals surface area contributed by atoms with Crippen molar-refractivity contribution in [2.75, 3.05) is 6.61 Å². The fourth-order valence-corrected chi connectivity index (χ4v) is 1.88. The second-order valence-corrected chi connectivity index (χ2v) is 4.53. The minimum atomic E-state index is -0.187. The molecule has 0 atom stereocenters. The predicted molar refractivity (Wildman–Crippen MR) is 70.8 cm³/mol. The van der Waals surface area contributed by atoms with Gasteiger partial charge in [-0.15, -0.1) is 0 Å². The summed E-state index contributed by atoms with van der Waals surface area (Å²) in [5, 5.41) is 0. The maximum Gasteiger partial charge on any atom is 0.330 e. The maximum atomic E-state index is 11.3. The van der Waals surface area contributed by atoms with Gasteiger partial charge in [0.2, 0.25) is 0 Å². The predicted octanol–water partition coefficient (Wildman–Crippen LogP) is 4.17. The van der Waals surface area contributed by atoms with Crippen molar-refractivity contribution in [3.63, 3.8) is 0 Å². The Morgan fingerprint density at radius 1 is 0.765 bits per heavy atom. The molecule has 0 spiro atoms. The second-order valence-electron chi connectivity index (χ2n) is 4.53. The summed E-state index contributed by atoms with van der Waals surface area (Å²) in [7, 11) is 0. The molecular formula is C15H24O2. The van der Waals surface area contributed by atoms with Crippen LogP contribution in [0, 0.1) is 0 Å². The number of allylic oxidation sites excluding steroid dienone is 3. The molecule has 0 fully saturated rings. The van der Waals surface area contributed by atoms with Crippen LogP contribution in [-0.2, 0) is 9.53 Å². The van der Waals surface area contributed by atoms with Crippen molar-refractivity contribution in [1.29, 1.82) is 0 Å². The standard InChI is InChI=1S/C15H24O2/c16-15-13-11-9-7-5-3-1-2-4-6-8-10-12-14-17-15/h1,3,11,13H,2,4-10,12,14H2/b3-1+,13-11+. The van der Waals surface area contributed by atoms with Crippen LogP contribution in [-0.4, -0.2) is 12.6 Å². The molecule has 2 nitrogen and oxygen atoms in total. The Morgan fingerprint density at radius 3 is 2.29 bits per heavy atom. The van der Waals surface area contributed by atoms with E-state index in [0.29, 0.717) is 6.61 Å². The van der Waals surface area contributed by atoms with E-state index in [0.717, 1.165) is 25.7 Å². The molecule has 2 heteroatoms. The lowest BCUT2D eigenvalue weighted by atomic mass is 10.1. The Balaban J connectivity index is 2.26. The van der Waals surface area contributed by atoms with Gasteiger partial charge in [-0.05, 0) is 38.5 Å². The van der Waals surface area contributed by atoms with E-state index >= 15 is 0 Å². The number of hydrogen-bond donors (Lipinski definition) is 0. The third-order valence-electron chi connectivity index (χ3n) is 2.92. The zero-order valence-corrected chi connectivity index (χ0v) is 10.7. The van der Waals surface area contributed by atoms with Crippen molar-refractivity contribution < 1.29 is 9.53 Å². The van der Waals surface area contributed by atoms with E-state index in [1.165, 1.54) is 32.1 Å². The lowest BCUT2D eigenvalue weighted by molar-refractivity contribution is -0.137. The van der Waals surface area contributed by atoms with Crippen LogP contribution in [0.5, 0.6) is 0 Å². The highest BCUT2D eigenvalue weighted by Crippen LogP contribution is 2.07. The van der Waals surface area contributed by atoms with Crippen molar-refractivity contribution in [2.24, 2.45) is 0 Å². The molecule has 0 saturated carbocycles. The third-order valence-corrected chi connectivity index (χ3v) is 2.92. The zero-order chi connectivity index (χ0) is 12.2. The molecular weight excluding hydrogens is 212 g/mol. The third kappa shape index (κ3) is 8.73. The SMILES string of the molecule is O=C1/C=C/CCC/C=C/CCCCCCCO1. The van der Waals surface area contributed by atoms with Gasteiger partial charge in [-0.2, -0.15) is 0 Å². The van der Waals surface area contributed by atoms with E-state index in [9.17, 15) is 4.79 Å². The fourth-order valence-electron chi connectivity index (χ4n) is 1.88. The first-order chi connectivity index (χ1) is 8.39. The van der Waals surface area contributed by atoms with Gasteiger partial charge in [-0.1, -0.05) is 37.5 Å². The monoisotopic (exact) mass is 236 g/mol. The lowest BCUT2D eigenvalue weighted by Crippen LogP contribution is -2.02. The summed E-state index contributed by atoms with van der Waals surface area (Å²) in [6.07, 6.45) is 18.4. The molecule has 1 aliphatic heterocycles. The minimum absolute atomic E-state index is 0.187. The normalized spacial score (nSPS) is 24.8. The molecule has 0 unspecified atom stereocenters. The molecule has 96 valence electrons. The van der Waals surface area contributed by atoms with Crippen LogP contribution >= 0.6 is 0 Å². The summed E-state index contributed by atoms with van der Waals surface area (Å²) in [6.45, 7) is 0.572. The highest BCUT2D eigenvalue weighted by Gasteiger charge is 1.97. The van der Waals surface area contributed by atoms with Gasteiger partial charge in [0, 0.05) is 6.08 Å². The van der Waals surface area contributed by atoms with E-state index in [4.69, 9.17) is 4.74 Å². The van der Waals surface area contributed by atoms with E-state index in [1.54, 1.807) is 6.08 Å². The lowest BCUT2D eigenvalue weighted by Gasteiger charge is -2.02.